The van der Waals surface area contributed by atoms with Gasteiger partial charge in [-0.25, -0.2) is 0 Å². The summed E-state index contributed by atoms with van der Waals surface area (Å²) < 4.78 is 5.05. The third-order valence-corrected chi connectivity index (χ3v) is 2.30. The second-order valence-electron chi connectivity index (χ2n) is 2.80. The highest BCUT2D eigenvalue weighted by Gasteiger charge is 1.99. The van der Waals surface area contributed by atoms with Gasteiger partial charge in [-0.2, -0.15) is 0 Å². The fraction of sp³-hybridized carbons (Fsp3) is 0.273. The minimum absolute atomic E-state index is 0.546. The van der Waals surface area contributed by atoms with Gasteiger partial charge < -0.3 is 4.74 Å². The molecule has 0 aliphatic carbocycles. The molecule has 0 aromatic heterocycles. The minimum atomic E-state index is 0.546. The lowest BCUT2D eigenvalue weighted by Gasteiger charge is -2.03. The molecule has 0 aliphatic rings. The van der Waals surface area contributed by atoms with Gasteiger partial charge in [0.2, 0.25) is 0 Å². The van der Waals surface area contributed by atoms with Crippen LogP contribution in [0.4, 0.5) is 0 Å². The fourth-order valence-electron chi connectivity index (χ4n) is 1.12. The highest BCUT2D eigenvalue weighted by molar-refractivity contribution is 6.32. The van der Waals surface area contributed by atoms with Gasteiger partial charge in [0.1, 0.15) is 5.75 Å². The van der Waals surface area contributed by atoms with Crippen LogP contribution in [0.3, 0.4) is 0 Å². The summed E-state index contributed by atoms with van der Waals surface area (Å²) in [5.74, 6) is 1.25. The molecule has 1 rings (SSSR count). The number of rotatable bonds is 4. The quantitative estimate of drug-likeness (QED) is 0.567. The van der Waals surface area contributed by atoms with E-state index >= 15 is 0 Å². The molecule has 0 radical (unpaired) electrons. The molecule has 76 valence electrons. The summed E-state index contributed by atoms with van der Waals surface area (Å²) in [5.41, 5.74) is 1.15. The number of benzene rings is 1. The Hall–Kier alpha value is -0.660. The molecule has 0 saturated heterocycles. The van der Waals surface area contributed by atoms with Gasteiger partial charge in [-0.1, -0.05) is 29.8 Å². The molecule has 0 aliphatic heterocycles. The first-order valence-corrected chi connectivity index (χ1v) is 5.22. The van der Waals surface area contributed by atoms with Crippen LogP contribution in [0.25, 0.3) is 0 Å². The zero-order valence-corrected chi connectivity index (χ0v) is 9.48. The molecule has 0 heterocycles. The first kappa shape index (κ1) is 11.4. The van der Waals surface area contributed by atoms with Gasteiger partial charge in [-0.15, -0.1) is 11.6 Å². The average Bonchev–Trinajstić information content (AvgIpc) is 2.18. The van der Waals surface area contributed by atoms with Crippen LogP contribution >= 0.6 is 23.2 Å². The van der Waals surface area contributed by atoms with Crippen molar-refractivity contribution >= 4 is 23.2 Å². The number of allylic oxidation sites excluding steroid dienone is 2. The molecule has 14 heavy (non-hydrogen) atoms. The lowest BCUT2D eigenvalue weighted by molar-refractivity contribution is 0.415. The van der Waals surface area contributed by atoms with Crippen LogP contribution in [0.2, 0.25) is 5.02 Å². The van der Waals surface area contributed by atoms with Gasteiger partial charge >= 0.3 is 0 Å². The Labute approximate surface area is 94.3 Å². The normalized spacial score (nSPS) is 10.8. The van der Waals surface area contributed by atoms with Crippen LogP contribution in [-0.2, 0) is 6.42 Å². The molecule has 0 unspecified atom stereocenters. The van der Waals surface area contributed by atoms with E-state index in [4.69, 9.17) is 27.9 Å². The Bertz CT molecular complexity index is 321. The van der Waals surface area contributed by atoms with Crippen molar-refractivity contribution in [1.29, 1.82) is 0 Å². The largest absolute Gasteiger partial charge is 0.495 e. The molecule has 1 aromatic rings. The summed E-state index contributed by atoms with van der Waals surface area (Å²) in [4.78, 5) is 0. The first-order valence-electron chi connectivity index (χ1n) is 4.31. The fourth-order valence-corrected chi connectivity index (χ4v) is 1.53. The molecule has 0 spiro atoms. The molecule has 0 fully saturated rings. The zero-order valence-electron chi connectivity index (χ0n) is 7.97. The maximum Gasteiger partial charge on any atom is 0.137 e. The zero-order chi connectivity index (χ0) is 10.4. The van der Waals surface area contributed by atoms with E-state index in [1.54, 1.807) is 7.11 Å². The van der Waals surface area contributed by atoms with Crippen LogP contribution in [-0.4, -0.2) is 13.0 Å². The van der Waals surface area contributed by atoms with Crippen LogP contribution in [0.1, 0.15) is 5.56 Å². The van der Waals surface area contributed by atoms with E-state index < -0.39 is 0 Å². The SMILES string of the molecule is COc1ccc(C/C=C/CCl)cc1Cl. The molecular weight excluding hydrogens is 219 g/mol. The minimum Gasteiger partial charge on any atom is -0.495 e. The predicted molar refractivity (Wildman–Crippen MR) is 61.6 cm³/mol. The van der Waals surface area contributed by atoms with Gasteiger partial charge in [-0.3, -0.25) is 0 Å². The van der Waals surface area contributed by atoms with E-state index in [1.807, 2.05) is 30.4 Å². The standard InChI is InChI=1S/C11H12Cl2O/c1-14-11-6-5-9(8-10(11)13)4-2-3-7-12/h2-3,5-6,8H,4,7H2,1H3/b3-2+. The smallest absolute Gasteiger partial charge is 0.137 e. The Morgan fingerprint density at radius 1 is 1.36 bits per heavy atom. The number of halogens is 2. The second-order valence-corrected chi connectivity index (χ2v) is 3.51. The van der Waals surface area contributed by atoms with Crippen molar-refractivity contribution in [3.63, 3.8) is 0 Å². The Kier molecular flexibility index (Phi) is 4.85. The second kappa shape index (κ2) is 5.94. The Balaban J connectivity index is 2.71. The van der Waals surface area contributed by atoms with Crippen LogP contribution in [0, 0.1) is 0 Å². The average molecular weight is 231 g/mol. The van der Waals surface area contributed by atoms with E-state index in [2.05, 4.69) is 0 Å². The summed E-state index contributed by atoms with van der Waals surface area (Å²) >= 11 is 11.5. The lowest BCUT2D eigenvalue weighted by Crippen LogP contribution is -1.86. The van der Waals surface area contributed by atoms with Gasteiger partial charge in [0, 0.05) is 5.88 Å². The number of hydrogen-bond donors (Lipinski definition) is 0. The summed E-state index contributed by atoms with van der Waals surface area (Å²) in [6, 6.07) is 5.76. The van der Waals surface area contributed by atoms with Crippen LogP contribution in [0.5, 0.6) is 5.75 Å². The van der Waals surface area contributed by atoms with Gasteiger partial charge in [0.25, 0.3) is 0 Å². The van der Waals surface area contributed by atoms with Crippen molar-refractivity contribution in [3.05, 3.63) is 40.9 Å². The summed E-state index contributed by atoms with van der Waals surface area (Å²) in [6.45, 7) is 0. The van der Waals surface area contributed by atoms with Crippen LogP contribution in [0.15, 0.2) is 30.4 Å². The third kappa shape index (κ3) is 3.24. The van der Waals surface area contributed by atoms with E-state index in [0.29, 0.717) is 16.7 Å². The number of methoxy groups -OCH3 is 1. The first-order chi connectivity index (χ1) is 6.77. The topological polar surface area (TPSA) is 9.23 Å². The van der Waals surface area contributed by atoms with E-state index in [-0.39, 0.29) is 0 Å². The van der Waals surface area contributed by atoms with Gasteiger partial charge in [-0.05, 0) is 24.1 Å². The maximum atomic E-state index is 5.97. The van der Waals surface area contributed by atoms with Crippen molar-refractivity contribution in [3.8, 4) is 5.75 Å². The molecular formula is C11H12Cl2O. The van der Waals surface area contributed by atoms with E-state index in [1.165, 1.54) is 0 Å². The van der Waals surface area contributed by atoms with Crippen LogP contribution < -0.4 is 4.74 Å². The highest BCUT2D eigenvalue weighted by Crippen LogP contribution is 2.25. The molecule has 0 bridgehead atoms. The van der Waals surface area contributed by atoms with E-state index in [9.17, 15) is 0 Å². The molecule has 0 N–H and O–H groups in total. The Morgan fingerprint density at radius 2 is 2.14 bits per heavy atom. The predicted octanol–water partition coefficient (Wildman–Crippen LogP) is 3.69. The van der Waals surface area contributed by atoms with Crippen molar-refractivity contribution in [2.45, 2.75) is 6.42 Å². The number of ether oxygens (including phenoxy) is 1. The summed E-state index contributed by atoms with van der Waals surface area (Å²) in [7, 11) is 1.61. The summed E-state index contributed by atoms with van der Waals surface area (Å²) in [5, 5.41) is 0.643. The van der Waals surface area contributed by atoms with Crippen molar-refractivity contribution in [1.82, 2.24) is 0 Å². The van der Waals surface area contributed by atoms with Crippen molar-refractivity contribution in [2.75, 3.05) is 13.0 Å². The molecule has 0 saturated carbocycles. The number of hydrogen-bond acceptors (Lipinski definition) is 1. The summed E-state index contributed by atoms with van der Waals surface area (Å²) in [6.07, 6.45) is 4.78. The molecule has 1 nitrogen and oxygen atoms in total. The highest BCUT2D eigenvalue weighted by atomic mass is 35.5. The monoisotopic (exact) mass is 230 g/mol. The van der Waals surface area contributed by atoms with Gasteiger partial charge in [0.05, 0.1) is 12.1 Å². The van der Waals surface area contributed by atoms with E-state index in [0.717, 1.165) is 12.0 Å². The molecule has 0 amide bonds. The Morgan fingerprint density at radius 3 is 2.71 bits per heavy atom. The number of alkyl halides is 1. The molecule has 0 atom stereocenters. The van der Waals surface area contributed by atoms with Gasteiger partial charge in [0.15, 0.2) is 0 Å². The van der Waals surface area contributed by atoms with Crippen molar-refractivity contribution < 1.29 is 4.74 Å². The maximum absolute atomic E-state index is 5.97. The third-order valence-electron chi connectivity index (χ3n) is 1.83. The molecule has 1 aromatic carbocycles. The lowest BCUT2D eigenvalue weighted by atomic mass is 10.1. The van der Waals surface area contributed by atoms with Crippen molar-refractivity contribution in [2.24, 2.45) is 0 Å². The molecule has 3 heteroatoms.